The second kappa shape index (κ2) is 6.02. The molecule has 0 saturated carbocycles. The predicted molar refractivity (Wildman–Crippen MR) is 70.0 cm³/mol. The number of carbonyl (C=O) groups is 1. The maximum atomic E-state index is 12.5. The number of carbonyl (C=O) groups excluding carboxylic acids is 1. The highest BCUT2D eigenvalue weighted by Crippen LogP contribution is 2.11. The van der Waals surface area contributed by atoms with Gasteiger partial charge in [0, 0.05) is 35.9 Å². The maximum Gasteiger partial charge on any atom is 0.323 e. The van der Waals surface area contributed by atoms with Crippen molar-refractivity contribution in [1.29, 1.82) is 0 Å². The van der Waals surface area contributed by atoms with E-state index in [2.05, 4.69) is 13.8 Å². The van der Waals surface area contributed by atoms with Crippen LogP contribution in [-0.4, -0.2) is 44.2 Å². The molecule has 0 spiro atoms. The van der Waals surface area contributed by atoms with E-state index < -0.39 is 0 Å². The highest BCUT2D eigenvalue weighted by Gasteiger charge is 2.30. The molecule has 0 N–H and O–H groups in total. The van der Waals surface area contributed by atoms with Gasteiger partial charge in [-0.1, -0.05) is 13.8 Å². The molecule has 1 fully saturated rings. The van der Waals surface area contributed by atoms with Crippen LogP contribution in [0.25, 0.3) is 0 Å². The van der Waals surface area contributed by atoms with Crippen LogP contribution in [0, 0.1) is 0 Å². The van der Waals surface area contributed by atoms with Crippen molar-refractivity contribution in [3.63, 3.8) is 0 Å². The number of nitrogens with zero attached hydrogens (tertiary/aromatic N) is 2. The number of morpholine rings is 1. The Morgan fingerprint density at radius 2 is 2.05 bits per heavy atom. The van der Waals surface area contributed by atoms with E-state index >= 15 is 0 Å². The molecule has 5 nitrogen and oxygen atoms in total. The second-order valence-electron chi connectivity index (χ2n) is 4.87. The minimum atomic E-state index is -0.00681. The topological polar surface area (TPSA) is 42.7 Å². The van der Waals surface area contributed by atoms with Gasteiger partial charge in [-0.25, -0.2) is 0 Å². The minimum absolute atomic E-state index is 0.00681. The number of rotatable bonds is 3. The molecular weight excluding hydrogens is 244 g/mol. The first-order valence-electron chi connectivity index (χ1n) is 6.61. The average molecular weight is 265 g/mol. The molecule has 1 aliphatic rings. The molecule has 1 amide bonds. The van der Waals surface area contributed by atoms with Crippen molar-refractivity contribution in [3.8, 4) is 0 Å². The zero-order chi connectivity index (χ0) is 13.8. The highest BCUT2D eigenvalue weighted by molar-refractivity contribution is 5.90. The monoisotopic (exact) mass is 265 g/mol. The fourth-order valence-corrected chi connectivity index (χ4v) is 2.23. The van der Waals surface area contributed by atoms with Crippen molar-refractivity contribution in [2.75, 3.05) is 33.4 Å². The van der Waals surface area contributed by atoms with Crippen molar-refractivity contribution < 1.29 is 19.1 Å². The standard InChI is InChI=1S/C14H21N2O3/c1-11(2)12-5-4-6-13(16(12)18-3)14(17)15-7-9-19-10-8-15/h4-6,11H,7-10H2,1-3H3/q+1. The molecule has 19 heavy (non-hydrogen) atoms. The molecule has 0 atom stereocenters. The van der Waals surface area contributed by atoms with Gasteiger partial charge in [0.1, 0.15) is 7.11 Å². The van der Waals surface area contributed by atoms with Crippen LogP contribution < -0.4 is 9.57 Å². The molecule has 2 rings (SSSR count). The van der Waals surface area contributed by atoms with Crippen molar-refractivity contribution in [2.45, 2.75) is 19.8 Å². The fraction of sp³-hybridized carbons (Fsp3) is 0.571. The van der Waals surface area contributed by atoms with Crippen LogP contribution in [-0.2, 0) is 4.74 Å². The van der Waals surface area contributed by atoms with Crippen molar-refractivity contribution >= 4 is 5.91 Å². The smallest absolute Gasteiger partial charge is 0.323 e. The molecule has 0 unspecified atom stereocenters. The molecule has 2 heterocycles. The van der Waals surface area contributed by atoms with E-state index in [-0.39, 0.29) is 11.8 Å². The van der Waals surface area contributed by atoms with Gasteiger partial charge in [-0.3, -0.25) is 9.63 Å². The van der Waals surface area contributed by atoms with Gasteiger partial charge < -0.3 is 9.64 Å². The number of pyridine rings is 1. The molecule has 5 heteroatoms. The Hall–Kier alpha value is -1.62. The SMILES string of the molecule is CO[n+]1c(C(=O)N2CCOCC2)cccc1C(C)C. The van der Waals surface area contributed by atoms with E-state index in [9.17, 15) is 4.79 Å². The summed E-state index contributed by atoms with van der Waals surface area (Å²) in [6, 6.07) is 5.68. The van der Waals surface area contributed by atoms with E-state index in [1.807, 2.05) is 12.1 Å². The van der Waals surface area contributed by atoms with Crippen molar-refractivity contribution in [1.82, 2.24) is 4.90 Å². The van der Waals surface area contributed by atoms with Gasteiger partial charge in [0.2, 0.25) is 5.69 Å². The molecule has 0 bridgehead atoms. The number of amides is 1. The van der Waals surface area contributed by atoms with Crippen molar-refractivity contribution in [3.05, 3.63) is 29.6 Å². The van der Waals surface area contributed by atoms with Gasteiger partial charge in [-0.2, -0.15) is 0 Å². The summed E-state index contributed by atoms with van der Waals surface area (Å²) in [6.07, 6.45) is 0. The summed E-state index contributed by atoms with van der Waals surface area (Å²) < 4.78 is 6.90. The summed E-state index contributed by atoms with van der Waals surface area (Å²) in [5, 5.41) is 0. The summed E-state index contributed by atoms with van der Waals surface area (Å²) in [4.78, 5) is 19.7. The number of aromatic nitrogens is 1. The average Bonchev–Trinajstić information content (AvgIpc) is 2.46. The second-order valence-corrected chi connectivity index (χ2v) is 4.87. The van der Waals surface area contributed by atoms with E-state index in [0.717, 1.165) is 5.69 Å². The molecule has 0 aromatic carbocycles. The first kappa shape index (κ1) is 13.8. The highest BCUT2D eigenvalue weighted by atomic mass is 16.6. The van der Waals surface area contributed by atoms with Gasteiger partial charge in [0.05, 0.1) is 13.2 Å². The van der Waals surface area contributed by atoms with Gasteiger partial charge in [0.15, 0.2) is 0 Å². The van der Waals surface area contributed by atoms with Crippen LogP contribution >= 0.6 is 0 Å². The van der Waals surface area contributed by atoms with Gasteiger partial charge in [0.25, 0.3) is 0 Å². The Labute approximate surface area is 113 Å². The molecule has 1 aromatic rings. The fourth-order valence-electron chi connectivity index (χ4n) is 2.23. The van der Waals surface area contributed by atoms with Crippen LogP contribution in [0.2, 0.25) is 0 Å². The molecule has 0 radical (unpaired) electrons. The largest absolute Gasteiger partial charge is 0.378 e. The van der Waals surface area contributed by atoms with Crippen LogP contribution in [0.15, 0.2) is 18.2 Å². The lowest BCUT2D eigenvalue weighted by Crippen LogP contribution is -2.53. The lowest BCUT2D eigenvalue weighted by atomic mass is 10.1. The zero-order valence-electron chi connectivity index (χ0n) is 11.8. The lowest BCUT2D eigenvalue weighted by Gasteiger charge is -2.25. The maximum absolute atomic E-state index is 12.5. The quantitative estimate of drug-likeness (QED) is 0.753. The van der Waals surface area contributed by atoms with Gasteiger partial charge in [-0.15, -0.1) is 0 Å². The summed E-state index contributed by atoms with van der Waals surface area (Å²) in [7, 11) is 1.59. The van der Waals surface area contributed by atoms with E-state index in [1.54, 1.807) is 22.8 Å². The van der Waals surface area contributed by atoms with Crippen LogP contribution in [0.3, 0.4) is 0 Å². The van der Waals surface area contributed by atoms with Crippen LogP contribution in [0.1, 0.15) is 35.9 Å². The lowest BCUT2D eigenvalue weighted by molar-refractivity contribution is -0.892. The Morgan fingerprint density at radius 3 is 2.63 bits per heavy atom. The van der Waals surface area contributed by atoms with Gasteiger partial charge >= 0.3 is 11.6 Å². The normalized spacial score (nSPS) is 15.7. The third kappa shape index (κ3) is 2.87. The molecular formula is C14H21N2O3+. The Kier molecular flexibility index (Phi) is 4.37. The third-order valence-corrected chi connectivity index (χ3v) is 3.27. The van der Waals surface area contributed by atoms with E-state index in [0.29, 0.717) is 32.0 Å². The van der Waals surface area contributed by atoms with Crippen LogP contribution in [0.5, 0.6) is 0 Å². The number of hydrogen-bond acceptors (Lipinski definition) is 3. The summed E-state index contributed by atoms with van der Waals surface area (Å²) in [5.41, 5.74) is 1.55. The summed E-state index contributed by atoms with van der Waals surface area (Å²) >= 11 is 0. The van der Waals surface area contributed by atoms with Gasteiger partial charge in [-0.05, 0) is 6.07 Å². The number of hydrogen-bond donors (Lipinski definition) is 0. The Balaban J connectivity index is 2.32. The van der Waals surface area contributed by atoms with Crippen LogP contribution in [0.4, 0.5) is 0 Å². The van der Waals surface area contributed by atoms with E-state index in [4.69, 9.17) is 9.57 Å². The molecule has 104 valence electrons. The van der Waals surface area contributed by atoms with Crippen molar-refractivity contribution in [2.24, 2.45) is 0 Å². The van der Waals surface area contributed by atoms with E-state index in [1.165, 1.54) is 0 Å². The zero-order valence-corrected chi connectivity index (χ0v) is 11.8. The third-order valence-electron chi connectivity index (χ3n) is 3.27. The minimum Gasteiger partial charge on any atom is -0.378 e. The first-order chi connectivity index (χ1) is 9.15. The molecule has 0 aliphatic carbocycles. The molecule has 1 aliphatic heterocycles. The summed E-state index contributed by atoms with van der Waals surface area (Å²) in [6.45, 7) is 6.62. The summed E-state index contributed by atoms with van der Waals surface area (Å²) in [5.74, 6) is 0.282. The Morgan fingerprint density at radius 1 is 1.37 bits per heavy atom. The number of ether oxygens (including phenoxy) is 1. The first-order valence-corrected chi connectivity index (χ1v) is 6.61. The molecule has 1 aromatic heterocycles. The predicted octanol–water partition coefficient (Wildman–Crippen LogP) is 0.628. The molecule has 1 saturated heterocycles. The Bertz CT molecular complexity index is 454.